The highest BCUT2D eigenvalue weighted by Crippen LogP contribution is 2.39. The monoisotopic (exact) mass is 220 g/mol. The normalized spacial score (nSPS) is 13.6. The Morgan fingerprint density at radius 3 is 3.00 bits per heavy atom. The molecule has 1 aromatic carbocycles. The van der Waals surface area contributed by atoms with Crippen molar-refractivity contribution >= 4 is 0 Å². The van der Waals surface area contributed by atoms with Crippen molar-refractivity contribution in [3.05, 3.63) is 53.3 Å². The lowest BCUT2D eigenvalue weighted by Crippen LogP contribution is -1.96. The van der Waals surface area contributed by atoms with Crippen LogP contribution in [-0.4, -0.2) is 4.98 Å². The number of benzene rings is 1. The molecular weight excluding hydrogens is 208 g/mol. The van der Waals surface area contributed by atoms with Gasteiger partial charge in [0.1, 0.15) is 0 Å². The second-order valence-electron chi connectivity index (χ2n) is 4.43. The lowest BCUT2D eigenvalue weighted by molar-refractivity contribution is 0.957. The van der Waals surface area contributed by atoms with Crippen molar-refractivity contribution in [2.24, 2.45) is 0 Å². The lowest BCUT2D eigenvalue weighted by atomic mass is 9.93. The number of aromatic nitrogens is 1. The molecule has 1 aliphatic rings. The Kier molecular flexibility index (Phi) is 2.19. The molecule has 0 amide bonds. The Bertz CT molecular complexity index is 623. The van der Waals surface area contributed by atoms with Crippen molar-refractivity contribution < 1.29 is 0 Å². The predicted octanol–water partition coefficient (Wildman–Crippen LogP) is 3.28. The van der Waals surface area contributed by atoms with E-state index >= 15 is 0 Å². The van der Waals surface area contributed by atoms with Gasteiger partial charge in [0.05, 0.1) is 12.0 Å². The van der Waals surface area contributed by atoms with Crippen LogP contribution >= 0.6 is 0 Å². The van der Waals surface area contributed by atoms with Gasteiger partial charge in [0.15, 0.2) is 0 Å². The minimum atomic E-state index is -0.0489. The highest BCUT2D eigenvalue weighted by Gasteiger charge is 2.22. The van der Waals surface area contributed by atoms with Crippen molar-refractivity contribution in [1.82, 2.24) is 4.98 Å². The summed E-state index contributed by atoms with van der Waals surface area (Å²) in [6.07, 6.45) is 4.66. The van der Waals surface area contributed by atoms with Crippen molar-refractivity contribution in [2.45, 2.75) is 19.3 Å². The summed E-state index contributed by atoms with van der Waals surface area (Å²) in [6, 6.07) is 10.6. The van der Waals surface area contributed by atoms with Crippen molar-refractivity contribution in [2.75, 3.05) is 0 Å². The maximum absolute atomic E-state index is 9.07. The van der Waals surface area contributed by atoms with E-state index < -0.39 is 0 Å². The third-order valence-corrected chi connectivity index (χ3v) is 3.43. The van der Waals surface area contributed by atoms with E-state index in [2.05, 4.69) is 29.3 Å². The topological polar surface area (TPSA) is 36.7 Å². The number of hydrogen-bond acceptors (Lipinski definition) is 2. The van der Waals surface area contributed by atoms with Gasteiger partial charge in [-0.15, -0.1) is 0 Å². The SMILES string of the molecule is CC(C#N)c1cccc2c1Cc1cnccc1-2. The Labute approximate surface area is 101 Å². The van der Waals surface area contributed by atoms with Gasteiger partial charge < -0.3 is 0 Å². The molecule has 0 fully saturated rings. The molecular formula is C15H12N2. The van der Waals surface area contributed by atoms with E-state index in [0.717, 1.165) is 12.0 Å². The van der Waals surface area contributed by atoms with Gasteiger partial charge in [-0.3, -0.25) is 4.98 Å². The number of pyridine rings is 1. The Hall–Kier alpha value is -2.14. The summed E-state index contributed by atoms with van der Waals surface area (Å²) in [4.78, 5) is 4.17. The van der Waals surface area contributed by atoms with Crippen LogP contribution in [0.4, 0.5) is 0 Å². The first-order valence-electron chi connectivity index (χ1n) is 5.76. The van der Waals surface area contributed by atoms with E-state index in [-0.39, 0.29) is 5.92 Å². The molecule has 2 nitrogen and oxygen atoms in total. The summed E-state index contributed by atoms with van der Waals surface area (Å²) in [5, 5.41) is 9.07. The van der Waals surface area contributed by atoms with E-state index in [1.807, 2.05) is 25.4 Å². The van der Waals surface area contributed by atoms with Crippen LogP contribution in [-0.2, 0) is 6.42 Å². The molecule has 0 bridgehead atoms. The predicted molar refractivity (Wildman–Crippen MR) is 66.5 cm³/mol. The summed E-state index contributed by atoms with van der Waals surface area (Å²) in [5.41, 5.74) is 6.25. The molecule has 0 saturated heterocycles. The van der Waals surface area contributed by atoms with Crippen LogP contribution in [0.2, 0.25) is 0 Å². The van der Waals surface area contributed by atoms with Gasteiger partial charge in [-0.05, 0) is 40.8 Å². The van der Waals surface area contributed by atoms with Crippen LogP contribution < -0.4 is 0 Å². The standard InChI is InChI=1S/C15H12N2/c1-10(8-16)12-3-2-4-14-13-5-6-17-9-11(13)7-15(12)14/h2-6,9-10H,7H2,1H3. The summed E-state index contributed by atoms with van der Waals surface area (Å²) >= 11 is 0. The van der Waals surface area contributed by atoms with Crippen molar-refractivity contribution in [3.8, 4) is 17.2 Å². The van der Waals surface area contributed by atoms with Gasteiger partial charge in [0.25, 0.3) is 0 Å². The zero-order valence-electron chi connectivity index (χ0n) is 9.64. The summed E-state index contributed by atoms with van der Waals surface area (Å²) in [6.45, 7) is 1.96. The van der Waals surface area contributed by atoms with Gasteiger partial charge in [-0.25, -0.2) is 0 Å². The molecule has 1 atom stereocenters. The Morgan fingerprint density at radius 1 is 1.29 bits per heavy atom. The first kappa shape index (κ1) is 10.0. The van der Waals surface area contributed by atoms with E-state index in [1.165, 1.54) is 22.3 Å². The fraction of sp³-hybridized carbons (Fsp3) is 0.200. The molecule has 1 heterocycles. The number of nitriles is 1. The zero-order chi connectivity index (χ0) is 11.8. The molecule has 0 radical (unpaired) electrons. The van der Waals surface area contributed by atoms with Gasteiger partial charge in [-0.2, -0.15) is 5.26 Å². The fourth-order valence-electron chi connectivity index (χ4n) is 2.55. The molecule has 0 spiro atoms. The Morgan fingerprint density at radius 2 is 2.18 bits per heavy atom. The molecule has 0 saturated carbocycles. The minimum absolute atomic E-state index is 0.0489. The summed E-state index contributed by atoms with van der Waals surface area (Å²) in [5.74, 6) is -0.0489. The molecule has 82 valence electrons. The van der Waals surface area contributed by atoms with E-state index in [4.69, 9.17) is 5.26 Å². The van der Waals surface area contributed by atoms with E-state index in [1.54, 1.807) is 0 Å². The molecule has 0 aliphatic heterocycles. The molecule has 2 aromatic rings. The minimum Gasteiger partial charge on any atom is -0.264 e. The Balaban J connectivity index is 2.21. The van der Waals surface area contributed by atoms with Crippen LogP contribution in [0, 0.1) is 11.3 Å². The van der Waals surface area contributed by atoms with Crippen LogP contribution in [0.25, 0.3) is 11.1 Å². The maximum atomic E-state index is 9.07. The average Bonchev–Trinajstić information content (AvgIpc) is 2.76. The fourth-order valence-corrected chi connectivity index (χ4v) is 2.55. The molecule has 1 unspecified atom stereocenters. The first-order chi connectivity index (χ1) is 8.31. The number of nitrogens with zero attached hydrogens (tertiary/aromatic N) is 2. The van der Waals surface area contributed by atoms with Crippen LogP contribution in [0.5, 0.6) is 0 Å². The second-order valence-corrected chi connectivity index (χ2v) is 4.43. The lowest BCUT2D eigenvalue weighted by Gasteiger charge is -2.09. The van der Waals surface area contributed by atoms with E-state index in [0.29, 0.717) is 0 Å². The molecule has 17 heavy (non-hydrogen) atoms. The number of fused-ring (bicyclic) bond motifs is 3. The highest BCUT2D eigenvalue weighted by molar-refractivity contribution is 5.77. The third kappa shape index (κ3) is 1.43. The van der Waals surface area contributed by atoms with E-state index in [9.17, 15) is 0 Å². The van der Waals surface area contributed by atoms with Crippen molar-refractivity contribution in [3.63, 3.8) is 0 Å². The zero-order valence-corrected chi connectivity index (χ0v) is 9.64. The van der Waals surface area contributed by atoms with Gasteiger partial charge in [0, 0.05) is 18.8 Å². The smallest absolute Gasteiger partial charge is 0.0701 e. The number of hydrogen-bond donors (Lipinski definition) is 0. The van der Waals surface area contributed by atoms with Crippen LogP contribution in [0.1, 0.15) is 29.5 Å². The molecule has 3 rings (SSSR count). The number of rotatable bonds is 1. The maximum Gasteiger partial charge on any atom is 0.0701 e. The molecule has 1 aliphatic carbocycles. The quantitative estimate of drug-likeness (QED) is 0.631. The van der Waals surface area contributed by atoms with Crippen LogP contribution in [0.3, 0.4) is 0 Å². The van der Waals surface area contributed by atoms with Crippen molar-refractivity contribution in [1.29, 1.82) is 5.26 Å². The van der Waals surface area contributed by atoms with Crippen LogP contribution in [0.15, 0.2) is 36.7 Å². The second kappa shape index (κ2) is 3.71. The largest absolute Gasteiger partial charge is 0.264 e. The molecule has 1 aromatic heterocycles. The first-order valence-corrected chi connectivity index (χ1v) is 5.76. The molecule has 0 N–H and O–H groups in total. The summed E-state index contributed by atoms with van der Waals surface area (Å²) in [7, 11) is 0. The molecule has 2 heteroatoms. The van der Waals surface area contributed by atoms with Gasteiger partial charge >= 0.3 is 0 Å². The third-order valence-electron chi connectivity index (χ3n) is 3.43. The average molecular weight is 220 g/mol. The van der Waals surface area contributed by atoms with Gasteiger partial charge in [0.2, 0.25) is 0 Å². The highest BCUT2D eigenvalue weighted by atomic mass is 14.6. The summed E-state index contributed by atoms with van der Waals surface area (Å²) < 4.78 is 0. The van der Waals surface area contributed by atoms with Gasteiger partial charge in [-0.1, -0.05) is 18.2 Å².